The van der Waals surface area contributed by atoms with Crippen LogP contribution in [0.2, 0.25) is 0 Å². The molecule has 0 spiro atoms. The van der Waals surface area contributed by atoms with Gasteiger partial charge in [-0.3, -0.25) is 4.79 Å². The van der Waals surface area contributed by atoms with Crippen LogP contribution in [0.15, 0.2) is 50.1 Å². The van der Waals surface area contributed by atoms with Gasteiger partial charge in [0.15, 0.2) is 22.8 Å². The van der Waals surface area contributed by atoms with Gasteiger partial charge in [-0.2, -0.15) is 4.98 Å². The van der Waals surface area contributed by atoms with Crippen molar-refractivity contribution in [2.45, 2.75) is 33.1 Å². The van der Waals surface area contributed by atoms with E-state index in [1.54, 1.807) is 30.3 Å². The molecule has 0 atom stereocenters. The maximum atomic E-state index is 12.8. The zero-order valence-electron chi connectivity index (χ0n) is 18.4. The largest absolute Gasteiger partial charge is 0.454 e. The van der Waals surface area contributed by atoms with Crippen LogP contribution in [0.5, 0.6) is 17.2 Å². The van der Waals surface area contributed by atoms with Gasteiger partial charge in [-0.25, -0.2) is 4.79 Å². The van der Waals surface area contributed by atoms with Crippen molar-refractivity contribution in [3.8, 4) is 40.1 Å². The number of hydrogen-bond donors (Lipinski definition) is 0. The Hall–Kier alpha value is -4.14. The quantitative estimate of drug-likeness (QED) is 0.254. The van der Waals surface area contributed by atoms with Crippen LogP contribution in [0, 0.1) is 0 Å². The van der Waals surface area contributed by atoms with E-state index in [2.05, 4.69) is 10.1 Å². The highest BCUT2D eigenvalue weighted by Gasteiger charge is 2.23. The van der Waals surface area contributed by atoms with Crippen molar-refractivity contribution in [3.05, 3.63) is 52.4 Å². The van der Waals surface area contributed by atoms with E-state index in [0.29, 0.717) is 22.4 Å². The van der Waals surface area contributed by atoms with Crippen LogP contribution in [0.25, 0.3) is 33.8 Å². The Morgan fingerprint density at radius 1 is 1.06 bits per heavy atom. The summed E-state index contributed by atoms with van der Waals surface area (Å²) in [6.45, 7) is 7.53. The second-order valence-electron chi connectivity index (χ2n) is 8.68. The average Bonchev–Trinajstić information content (AvgIpc) is 3.41. The first-order valence-corrected chi connectivity index (χ1v) is 10.2. The molecule has 2 aromatic heterocycles. The Balaban J connectivity index is 1.61. The van der Waals surface area contributed by atoms with E-state index in [0.717, 1.165) is 5.56 Å². The van der Waals surface area contributed by atoms with Gasteiger partial charge in [-0.05, 0) is 47.4 Å². The zero-order chi connectivity index (χ0) is 23.3. The number of ether oxygens (including phenoxy) is 3. The van der Waals surface area contributed by atoms with Crippen LogP contribution in [0.4, 0.5) is 0 Å². The highest BCUT2D eigenvalue weighted by molar-refractivity contribution is 5.88. The lowest BCUT2D eigenvalue weighted by Gasteiger charge is -2.20. The summed E-state index contributed by atoms with van der Waals surface area (Å²) >= 11 is 0. The molecule has 4 aromatic rings. The van der Waals surface area contributed by atoms with Crippen molar-refractivity contribution in [2.24, 2.45) is 0 Å². The minimum atomic E-state index is -0.694. The first kappa shape index (κ1) is 20.7. The highest BCUT2D eigenvalue weighted by Crippen LogP contribution is 2.36. The van der Waals surface area contributed by atoms with Crippen LogP contribution in [-0.4, -0.2) is 22.9 Å². The molecule has 33 heavy (non-hydrogen) atoms. The Morgan fingerprint density at radius 2 is 1.85 bits per heavy atom. The van der Waals surface area contributed by atoms with Gasteiger partial charge in [0, 0.05) is 17.9 Å². The Morgan fingerprint density at radius 3 is 2.61 bits per heavy atom. The van der Waals surface area contributed by atoms with E-state index in [1.165, 1.54) is 6.92 Å². The fourth-order valence-electron chi connectivity index (χ4n) is 3.50. The summed E-state index contributed by atoms with van der Waals surface area (Å²) in [7, 11) is 0. The van der Waals surface area contributed by atoms with E-state index in [1.807, 2.05) is 26.8 Å². The van der Waals surface area contributed by atoms with Crippen LogP contribution in [-0.2, 0) is 10.2 Å². The Labute approximate surface area is 187 Å². The van der Waals surface area contributed by atoms with Gasteiger partial charge < -0.3 is 23.2 Å². The number of fused-ring (bicyclic) bond motifs is 2. The van der Waals surface area contributed by atoms with Gasteiger partial charge in [0.2, 0.25) is 12.6 Å². The number of carbonyl (C=O) groups excluding carboxylic acids is 1. The average molecular weight is 448 g/mol. The second kappa shape index (κ2) is 7.47. The molecule has 168 valence electrons. The van der Waals surface area contributed by atoms with Crippen molar-refractivity contribution in [3.63, 3.8) is 0 Å². The van der Waals surface area contributed by atoms with Crippen LogP contribution >= 0.6 is 0 Å². The van der Waals surface area contributed by atoms with Crippen molar-refractivity contribution in [2.75, 3.05) is 6.79 Å². The molecule has 2 aromatic carbocycles. The summed E-state index contributed by atoms with van der Waals surface area (Å²) in [6, 6.07) is 10.4. The normalized spacial score (nSPS) is 12.8. The van der Waals surface area contributed by atoms with Crippen LogP contribution in [0.3, 0.4) is 0 Å². The molecule has 9 heteroatoms. The SMILES string of the molecule is CC(=O)Oc1cc(C(C)(C)C)cc2cc(-c3nc(-c4ccc5c(c4)OCO5)no3)c(=O)oc12. The minimum absolute atomic E-state index is 0.00788. The topological polar surface area (TPSA) is 114 Å². The van der Waals surface area contributed by atoms with E-state index >= 15 is 0 Å². The third-order valence-electron chi connectivity index (χ3n) is 5.21. The second-order valence-corrected chi connectivity index (χ2v) is 8.68. The first-order chi connectivity index (χ1) is 15.7. The fourth-order valence-corrected chi connectivity index (χ4v) is 3.50. The molecule has 0 fully saturated rings. The molecule has 1 aliphatic heterocycles. The first-order valence-electron chi connectivity index (χ1n) is 10.2. The lowest BCUT2D eigenvalue weighted by molar-refractivity contribution is -0.131. The molecule has 5 rings (SSSR count). The van der Waals surface area contributed by atoms with Gasteiger partial charge in [0.1, 0.15) is 5.56 Å². The number of aromatic nitrogens is 2. The predicted octanol–water partition coefficient (Wildman–Crippen LogP) is 4.46. The van der Waals surface area contributed by atoms with E-state index < -0.39 is 11.6 Å². The molecular formula is C24H20N2O7. The van der Waals surface area contributed by atoms with Crippen LogP contribution < -0.4 is 19.8 Å². The number of carbonyl (C=O) groups is 1. The molecule has 3 heterocycles. The molecule has 9 nitrogen and oxygen atoms in total. The summed E-state index contributed by atoms with van der Waals surface area (Å²) in [6.07, 6.45) is 0. The zero-order valence-corrected chi connectivity index (χ0v) is 18.4. The van der Waals surface area contributed by atoms with Gasteiger partial charge in [0.25, 0.3) is 5.89 Å². The van der Waals surface area contributed by atoms with Gasteiger partial charge in [0.05, 0.1) is 0 Å². The maximum absolute atomic E-state index is 12.8. The molecule has 0 aliphatic carbocycles. The molecule has 1 aliphatic rings. The van der Waals surface area contributed by atoms with E-state index in [4.69, 9.17) is 23.2 Å². The Bertz CT molecular complexity index is 1460. The highest BCUT2D eigenvalue weighted by atomic mass is 16.7. The smallest absolute Gasteiger partial charge is 0.349 e. The Kier molecular flexibility index (Phi) is 4.70. The van der Waals surface area contributed by atoms with Gasteiger partial charge >= 0.3 is 11.6 Å². The van der Waals surface area contributed by atoms with Crippen molar-refractivity contribution >= 4 is 16.9 Å². The monoisotopic (exact) mass is 448 g/mol. The summed E-state index contributed by atoms with van der Waals surface area (Å²) in [5, 5.41) is 4.56. The van der Waals surface area contributed by atoms with Crippen LogP contribution in [0.1, 0.15) is 33.3 Å². The molecule has 0 bridgehead atoms. The summed E-state index contributed by atoms with van der Waals surface area (Å²) in [5.74, 6) is 1.17. The van der Waals surface area contributed by atoms with E-state index in [9.17, 15) is 9.59 Å². The lowest BCUT2D eigenvalue weighted by atomic mass is 9.86. The standard InChI is InChI=1S/C24H20N2O7/c1-12(27)31-19-10-15(24(2,3)4)7-14-8-16(23(28)32-20(14)19)22-25-21(26-33-22)13-5-6-17-18(9-13)30-11-29-17/h5-10H,11H2,1-4H3. The number of rotatable bonds is 3. The molecule has 0 amide bonds. The van der Waals surface area contributed by atoms with Crippen molar-refractivity contribution < 1.29 is 27.9 Å². The third-order valence-corrected chi connectivity index (χ3v) is 5.21. The predicted molar refractivity (Wildman–Crippen MR) is 117 cm³/mol. The lowest BCUT2D eigenvalue weighted by Crippen LogP contribution is -2.13. The van der Waals surface area contributed by atoms with Crippen molar-refractivity contribution in [1.29, 1.82) is 0 Å². The van der Waals surface area contributed by atoms with E-state index in [-0.39, 0.29) is 40.8 Å². The minimum Gasteiger partial charge on any atom is -0.454 e. The number of hydrogen-bond acceptors (Lipinski definition) is 9. The summed E-state index contributed by atoms with van der Waals surface area (Å²) < 4.78 is 26.9. The molecular weight excluding hydrogens is 428 g/mol. The number of nitrogens with zero attached hydrogens (tertiary/aromatic N) is 2. The summed E-state index contributed by atoms with van der Waals surface area (Å²) in [5.41, 5.74) is 0.880. The van der Waals surface area contributed by atoms with Gasteiger partial charge in [-0.15, -0.1) is 0 Å². The molecule has 0 saturated carbocycles. The summed E-state index contributed by atoms with van der Waals surface area (Å²) in [4.78, 5) is 28.8. The molecule has 0 radical (unpaired) electrons. The number of esters is 1. The van der Waals surface area contributed by atoms with Gasteiger partial charge in [-0.1, -0.05) is 25.9 Å². The van der Waals surface area contributed by atoms with Crippen molar-refractivity contribution in [1.82, 2.24) is 10.1 Å². The molecule has 0 saturated heterocycles. The fraction of sp³-hybridized carbons (Fsp3) is 0.250. The third kappa shape index (κ3) is 3.82. The maximum Gasteiger partial charge on any atom is 0.349 e. The number of benzene rings is 2. The molecule has 0 unspecified atom stereocenters. The molecule has 0 N–H and O–H groups in total.